The number of carbonyl (C=O) groups is 1. The molecule has 0 spiro atoms. The Balaban J connectivity index is 1.31. The van der Waals surface area contributed by atoms with Crippen LogP contribution in [0.5, 0.6) is 0 Å². The van der Waals surface area contributed by atoms with Crippen LogP contribution in [0.15, 0.2) is 49.1 Å². The highest BCUT2D eigenvalue weighted by Gasteiger charge is 2.44. The monoisotopic (exact) mass is 598 g/mol. The van der Waals surface area contributed by atoms with Gasteiger partial charge in [0.1, 0.15) is 18.3 Å². The number of nitrogens with one attached hydrogen (secondary N) is 2. The maximum absolute atomic E-state index is 12.8. The summed E-state index contributed by atoms with van der Waals surface area (Å²) in [6.45, 7) is -0.491. The number of amides is 1. The summed E-state index contributed by atoms with van der Waals surface area (Å²) in [5.74, 6) is -0.782. The van der Waals surface area contributed by atoms with Gasteiger partial charge in [-0.2, -0.15) is 15.1 Å². The summed E-state index contributed by atoms with van der Waals surface area (Å²) in [5.41, 5.74) is 1.14. The summed E-state index contributed by atoms with van der Waals surface area (Å²) in [6, 6.07) is 8.64. The summed E-state index contributed by atoms with van der Waals surface area (Å²) in [7, 11) is -3.98. The van der Waals surface area contributed by atoms with Gasteiger partial charge >= 0.3 is 0 Å². The molecule has 1 aliphatic heterocycles. The van der Waals surface area contributed by atoms with Crippen molar-refractivity contribution in [3.05, 3.63) is 60.2 Å². The van der Waals surface area contributed by atoms with Crippen molar-refractivity contribution in [3.8, 4) is 5.95 Å². The summed E-state index contributed by atoms with van der Waals surface area (Å²) < 4.78 is 35.6. The highest BCUT2D eigenvalue weighted by molar-refractivity contribution is 7.89. The van der Waals surface area contributed by atoms with Crippen molar-refractivity contribution < 1.29 is 33.3 Å². The van der Waals surface area contributed by atoms with Crippen molar-refractivity contribution in [2.24, 2.45) is 0 Å². The third-order valence-electron chi connectivity index (χ3n) is 7.39. The molecule has 1 amide bonds. The molecule has 15 nitrogen and oxygen atoms in total. The number of imidazole rings is 1. The van der Waals surface area contributed by atoms with Crippen molar-refractivity contribution in [2.45, 2.75) is 62.0 Å². The van der Waals surface area contributed by atoms with E-state index in [1.54, 1.807) is 30.3 Å². The Morgan fingerprint density at radius 2 is 1.86 bits per heavy atom. The minimum atomic E-state index is -3.98. The van der Waals surface area contributed by atoms with E-state index in [-0.39, 0.29) is 29.0 Å². The maximum atomic E-state index is 12.8. The molecule has 222 valence electrons. The molecule has 4 aromatic rings. The molecular formula is C26H30N8O7S. The normalized spacial score (nSPS) is 23.0. The van der Waals surface area contributed by atoms with E-state index < -0.39 is 47.1 Å². The van der Waals surface area contributed by atoms with Crippen LogP contribution in [0.1, 0.15) is 47.8 Å². The number of hydrogen-bond donors (Lipinski definition) is 5. The van der Waals surface area contributed by atoms with E-state index in [0.717, 1.165) is 25.7 Å². The third-order valence-corrected chi connectivity index (χ3v) is 8.60. The number of fused-ring (bicyclic) bond motifs is 1. The maximum Gasteiger partial charge on any atom is 0.267 e. The van der Waals surface area contributed by atoms with E-state index in [4.69, 9.17) is 4.74 Å². The number of carbonyl (C=O) groups excluding carboxylic acids is 1. The van der Waals surface area contributed by atoms with Gasteiger partial charge in [-0.25, -0.2) is 22.8 Å². The van der Waals surface area contributed by atoms with Crippen LogP contribution < -0.4 is 10.0 Å². The van der Waals surface area contributed by atoms with E-state index in [1.165, 1.54) is 28.0 Å². The Bertz CT molecular complexity index is 1690. The van der Waals surface area contributed by atoms with Gasteiger partial charge in [-0.15, -0.1) is 0 Å². The van der Waals surface area contributed by atoms with E-state index in [0.29, 0.717) is 16.9 Å². The third kappa shape index (κ3) is 5.58. The van der Waals surface area contributed by atoms with E-state index in [1.807, 2.05) is 0 Å². The van der Waals surface area contributed by atoms with Gasteiger partial charge in [0, 0.05) is 12.2 Å². The lowest BCUT2D eigenvalue weighted by molar-refractivity contribution is -0.0511. The number of aliphatic hydroxyl groups is 3. The van der Waals surface area contributed by atoms with Crippen LogP contribution in [0, 0.1) is 0 Å². The van der Waals surface area contributed by atoms with Crippen molar-refractivity contribution in [2.75, 3.05) is 11.9 Å². The SMILES string of the molecule is O=C(NS(=O)(=O)Cc1ccccc1)c1cnn(-c2nc(NC3CCCC3)c3ncn([C@@H]4O[C@H](CO)[C@@H](O)[C@H]4O)c3n2)c1. The topological polar surface area (TPSA) is 207 Å². The Kier molecular flexibility index (Phi) is 7.63. The predicted molar refractivity (Wildman–Crippen MR) is 148 cm³/mol. The molecule has 16 heteroatoms. The average molecular weight is 599 g/mol. The van der Waals surface area contributed by atoms with Crippen molar-refractivity contribution in [1.82, 2.24) is 34.0 Å². The summed E-state index contributed by atoms with van der Waals surface area (Å²) >= 11 is 0. The molecule has 1 saturated heterocycles. The molecule has 42 heavy (non-hydrogen) atoms. The highest BCUT2D eigenvalue weighted by Crippen LogP contribution is 2.33. The number of aliphatic hydroxyl groups excluding tert-OH is 3. The largest absolute Gasteiger partial charge is 0.394 e. The lowest BCUT2D eigenvalue weighted by atomic mass is 10.1. The summed E-state index contributed by atoms with van der Waals surface area (Å²) in [6.07, 6.45) is 3.18. The number of benzene rings is 1. The molecule has 0 unspecified atom stereocenters. The Morgan fingerprint density at radius 3 is 2.57 bits per heavy atom. The van der Waals surface area contributed by atoms with Gasteiger partial charge in [0.15, 0.2) is 23.2 Å². The Labute approximate surface area is 240 Å². The van der Waals surface area contributed by atoms with Gasteiger partial charge in [-0.3, -0.25) is 9.36 Å². The fourth-order valence-corrected chi connectivity index (χ4v) is 6.35. The minimum absolute atomic E-state index is 0.0300. The average Bonchev–Trinajstić information content (AvgIpc) is 3.77. The smallest absolute Gasteiger partial charge is 0.267 e. The second kappa shape index (κ2) is 11.4. The first-order valence-corrected chi connectivity index (χ1v) is 15.1. The molecule has 0 bridgehead atoms. The molecule has 6 rings (SSSR count). The van der Waals surface area contributed by atoms with Gasteiger partial charge in [-0.1, -0.05) is 43.2 Å². The zero-order valence-electron chi connectivity index (χ0n) is 22.3. The number of ether oxygens (including phenoxy) is 1. The number of anilines is 1. The van der Waals surface area contributed by atoms with Gasteiger partial charge in [0.2, 0.25) is 10.0 Å². The Hall–Kier alpha value is -3.96. The summed E-state index contributed by atoms with van der Waals surface area (Å²) in [5, 5.41) is 38.0. The number of rotatable bonds is 9. The molecule has 2 fully saturated rings. The van der Waals surface area contributed by atoms with Gasteiger partial charge in [0.25, 0.3) is 11.9 Å². The van der Waals surface area contributed by atoms with Crippen LogP contribution in [0.3, 0.4) is 0 Å². The number of sulfonamides is 1. The fraction of sp³-hybridized carbons (Fsp3) is 0.423. The van der Waals surface area contributed by atoms with Crippen LogP contribution in [0.2, 0.25) is 0 Å². The number of hydrogen-bond acceptors (Lipinski definition) is 12. The van der Waals surface area contributed by atoms with Crippen LogP contribution in [0.25, 0.3) is 17.1 Å². The lowest BCUT2D eigenvalue weighted by Crippen LogP contribution is -2.33. The van der Waals surface area contributed by atoms with Crippen LogP contribution in [-0.4, -0.2) is 89.9 Å². The quantitative estimate of drug-likeness (QED) is 0.176. The van der Waals surface area contributed by atoms with E-state index >= 15 is 0 Å². The number of aromatic nitrogens is 6. The standard InChI is InChI=1S/C26H30N8O7S/c35-12-18-20(36)21(37)25(41-18)33-14-27-19-22(29-17-8-4-5-9-17)30-26(31-23(19)33)34-11-16(10-28-34)24(38)32-42(39,40)13-15-6-2-1-3-7-15/h1-3,6-7,10-11,14,17-18,20-21,25,35-37H,4-5,8-9,12-13H2,(H,32,38)(H,29,30,31)/t18-,20-,21-,25-/m1/s1. The van der Waals surface area contributed by atoms with Gasteiger partial charge in [0.05, 0.1) is 30.4 Å². The Morgan fingerprint density at radius 1 is 1.10 bits per heavy atom. The second-order valence-corrected chi connectivity index (χ2v) is 12.1. The minimum Gasteiger partial charge on any atom is -0.394 e. The first-order chi connectivity index (χ1) is 20.2. The molecule has 1 aromatic carbocycles. The lowest BCUT2D eigenvalue weighted by Gasteiger charge is -2.18. The zero-order valence-corrected chi connectivity index (χ0v) is 23.1. The van der Waals surface area contributed by atoms with Crippen LogP contribution in [0.4, 0.5) is 5.82 Å². The molecule has 5 N–H and O–H groups in total. The van der Waals surface area contributed by atoms with Gasteiger partial charge < -0.3 is 25.4 Å². The first kappa shape index (κ1) is 28.2. The van der Waals surface area contributed by atoms with E-state index in [2.05, 4.69) is 30.1 Å². The van der Waals surface area contributed by atoms with Crippen molar-refractivity contribution in [3.63, 3.8) is 0 Å². The zero-order chi connectivity index (χ0) is 29.4. The molecular weight excluding hydrogens is 568 g/mol. The molecule has 2 aliphatic rings. The predicted octanol–water partition coefficient (Wildman–Crippen LogP) is 0.238. The summed E-state index contributed by atoms with van der Waals surface area (Å²) in [4.78, 5) is 26.4. The molecule has 3 aromatic heterocycles. The highest BCUT2D eigenvalue weighted by atomic mass is 32.2. The van der Waals surface area contributed by atoms with Crippen molar-refractivity contribution >= 4 is 32.9 Å². The van der Waals surface area contributed by atoms with E-state index in [9.17, 15) is 28.5 Å². The van der Waals surface area contributed by atoms with Crippen molar-refractivity contribution in [1.29, 1.82) is 0 Å². The molecule has 1 aliphatic carbocycles. The van der Waals surface area contributed by atoms with Crippen LogP contribution in [-0.2, 0) is 20.5 Å². The number of nitrogens with zero attached hydrogens (tertiary/aromatic N) is 6. The molecule has 1 saturated carbocycles. The first-order valence-electron chi connectivity index (χ1n) is 13.5. The van der Waals surface area contributed by atoms with Crippen LogP contribution >= 0.6 is 0 Å². The van der Waals surface area contributed by atoms with Gasteiger partial charge in [-0.05, 0) is 18.4 Å². The fourth-order valence-electron chi connectivity index (χ4n) is 5.25. The second-order valence-electron chi connectivity index (χ2n) is 10.4. The molecule has 0 radical (unpaired) electrons. The molecule has 4 atom stereocenters. The molecule has 4 heterocycles.